The summed E-state index contributed by atoms with van der Waals surface area (Å²) in [6.45, 7) is -0.206. The highest BCUT2D eigenvalue weighted by Gasteiger charge is 2.37. The largest absolute Gasteiger partial charge is 0.464 e. The third-order valence-corrected chi connectivity index (χ3v) is 9.60. The molecule has 0 fully saturated rings. The number of unbranched alkanes of at least 4 members (excludes halogenated alkanes) is 4. The second kappa shape index (κ2) is 17.8. The number of carbonyl (C=O) groups is 10. The van der Waals surface area contributed by atoms with Gasteiger partial charge in [0.1, 0.15) is 24.7 Å². The van der Waals surface area contributed by atoms with E-state index in [-0.39, 0.29) is 110 Å². The molecule has 2 aromatic rings. The molecule has 4 aliphatic rings. The van der Waals surface area contributed by atoms with Crippen LogP contribution >= 0.6 is 0 Å². The SMILES string of the molecule is O=C(CCCCCN1C(=O)C=CC1=O)OCCN1C(=O)c2ccc(Oc3ccc4c(c3)C(=O)N(CCOC(=O)CCCCCN3C(=O)C=CC3=O)C4=O)cc2C1=O. The Bertz CT molecular complexity index is 1940. The molecule has 17 nitrogen and oxygen atoms in total. The zero-order valence-electron chi connectivity index (χ0n) is 30.8. The molecular formula is C40H38N4O13. The first kappa shape index (κ1) is 39.9. The molecule has 17 heteroatoms. The van der Waals surface area contributed by atoms with E-state index in [1.54, 1.807) is 0 Å². The fraction of sp³-hybridized carbons (Fsp3) is 0.350. The van der Waals surface area contributed by atoms with Crippen LogP contribution in [0.2, 0.25) is 0 Å². The molecule has 0 spiro atoms. The molecule has 0 radical (unpaired) electrons. The first-order chi connectivity index (χ1) is 27.4. The minimum absolute atomic E-state index is 0.0785. The first-order valence-corrected chi connectivity index (χ1v) is 18.5. The van der Waals surface area contributed by atoms with Crippen LogP contribution in [-0.2, 0) is 38.2 Å². The predicted octanol–water partition coefficient (Wildman–Crippen LogP) is 2.73. The molecule has 0 N–H and O–H groups in total. The number of rotatable bonds is 20. The zero-order valence-corrected chi connectivity index (χ0v) is 30.8. The zero-order chi connectivity index (χ0) is 40.6. The highest BCUT2D eigenvalue weighted by atomic mass is 16.5. The van der Waals surface area contributed by atoms with E-state index in [9.17, 15) is 47.9 Å². The number of benzene rings is 2. The summed E-state index contributed by atoms with van der Waals surface area (Å²) in [6.07, 6.45) is 8.25. The molecule has 2 aromatic carbocycles. The average molecular weight is 783 g/mol. The van der Waals surface area contributed by atoms with Crippen molar-refractivity contribution in [3.63, 3.8) is 0 Å². The van der Waals surface area contributed by atoms with Crippen molar-refractivity contribution in [1.82, 2.24) is 19.6 Å². The number of imide groups is 4. The lowest BCUT2D eigenvalue weighted by Gasteiger charge is -2.14. The molecule has 0 saturated heterocycles. The number of amides is 8. The maximum absolute atomic E-state index is 13.1. The normalized spacial score (nSPS) is 15.8. The Morgan fingerprint density at radius 3 is 1.18 bits per heavy atom. The molecule has 8 amide bonds. The molecule has 0 bridgehead atoms. The molecule has 4 heterocycles. The van der Waals surface area contributed by atoms with Crippen LogP contribution in [-0.4, -0.2) is 118 Å². The minimum atomic E-state index is -0.603. The van der Waals surface area contributed by atoms with Gasteiger partial charge in [-0.15, -0.1) is 0 Å². The summed E-state index contributed by atoms with van der Waals surface area (Å²) in [7, 11) is 0. The van der Waals surface area contributed by atoms with Gasteiger partial charge in [-0.3, -0.25) is 67.5 Å². The van der Waals surface area contributed by atoms with E-state index in [4.69, 9.17) is 14.2 Å². The van der Waals surface area contributed by atoms with Crippen LogP contribution in [0.5, 0.6) is 11.5 Å². The van der Waals surface area contributed by atoms with Gasteiger partial charge in [0.2, 0.25) is 0 Å². The van der Waals surface area contributed by atoms with Crippen LogP contribution in [0.3, 0.4) is 0 Å². The number of hydrogen-bond donors (Lipinski definition) is 0. The van der Waals surface area contributed by atoms with E-state index in [2.05, 4.69) is 0 Å². The maximum atomic E-state index is 13.1. The van der Waals surface area contributed by atoms with Crippen molar-refractivity contribution in [2.45, 2.75) is 51.4 Å². The van der Waals surface area contributed by atoms with Gasteiger partial charge in [0.25, 0.3) is 47.3 Å². The standard InChI is InChI=1S/C40H38N4O13/c45-31-13-14-32(46)41(31)17-5-1-3-7-35(49)55-21-19-43-37(51)27-11-9-25(23-29(27)39(43)53)57-26-10-12-28-30(24-26)40(54)44(38(28)52)20-22-56-36(50)8-4-2-6-18-42-33(47)15-16-34(42)48/h9-16,23-24H,1-8,17-22H2. The number of nitrogens with zero attached hydrogens (tertiary/aromatic N) is 4. The quantitative estimate of drug-likeness (QED) is 0.108. The number of ether oxygens (including phenoxy) is 3. The van der Waals surface area contributed by atoms with Crippen molar-refractivity contribution in [3.05, 3.63) is 83.0 Å². The van der Waals surface area contributed by atoms with Gasteiger partial charge in [-0.25, -0.2) is 0 Å². The Morgan fingerprint density at radius 1 is 0.421 bits per heavy atom. The maximum Gasteiger partial charge on any atom is 0.305 e. The second-order valence-corrected chi connectivity index (χ2v) is 13.4. The van der Waals surface area contributed by atoms with Crippen molar-refractivity contribution >= 4 is 59.2 Å². The first-order valence-electron chi connectivity index (χ1n) is 18.5. The Hall–Kier alpha value is -6.78. The van der Waals surface area contributed by atoms with Crippen molar-refractivity contribution in [1.29, 1.82) is 0 Å². The van der Waals surface area contributed by atoms with E-state index in [0.29, 0.717) is 38.5 Å². The number of carbonyl (C=O) groups excluding carboxylic acids is 10. The number of esters is 2. The Labute approximate surface area is 325 Å². The van der Waals surface area contributed by atoms with Crippen LogP contribution in [0, 0.1) is 0 Å². The summed E-state index contributed by atoms with van der Waals surface area (Å²) in [5.41, 5.74) is 0.436. The van der Waals surface area contributed by atoms with Crippen LogP contribution in [0.15, 0.2) is 60.7 Å². The molecule has 296 valence electrons. The van der Waals surface area contributed by atoms with Crippen LogP contribution in [0.4, 0.5) is 0 Å². The molecular weight excluding hydrogens is 744 g/mol. The van der Waals surface area contributed by atoms with E-state index in [1.165, 1.54) is 60.7 Å². The van der Waals surface area contributed by atoms with Crippen LogP contribution < -0.4 is 4.74 Å². The molecule has 0 aliphatic carbocycles. The van der Waals surface area contributed by atoms with Gasteiger partial charge in [0.15, 0.2) is 0 Å². The highest BCUT2D eigenvalue weighted by molar-refractivity contribution is 6.22. The minimum Gasteiger partial charge on any atom is -0.464 e. The third-order valence-electron chi connectivity index (χ3n) is 9.60. The summed E-state index contributed by atoms with van der Waals surface area (Å²) in [4.78, 5) is 127. The summed E-state index contributed by atoms with van der Waals surface area (Å²) < 4.78 is 16.3. The van der Waals surface area contributed by atoms with Crippen molar-refractivity contribution in [2.75, 3.05) is 39.4 Å². The van der Waals surface area contributed by atoms with E-state index >= 15 is 0 Å². The van der Waals surface area contributed by atoms with Crippen molar-refractivity contribution in [3.8, 4) is 11.5 Å². The van der Waals surface area contributed by atoms with Gasteiger partial charge in [-0.05, 0) is 62.1 Å². The number of hydrogen-bond acceptors (Lipinski definition) is 13. The number of fused-ring (bicyclic) bond motifs is 2. The average Bonchev–Trinajstić information content (AvgIpc) is 3.84. The lowest BCUT2D eigenvalue weighted by Crippen LogP contribution is -2.33. The molecule has 0 unspecified atom stereocenters. The van der Waals surface area contributed by atoms with Gasteiger partial charge in [-0.1, -0.05) is 12.8 Å². The Balaban J connectivity index is 0.909. The molecule has 6 rings (SSSR count). The monoisotopic (exact) mass is 782 g/mol. The van der Waals surface area contributed by atoms with Crippen molar-refractivity contribution < 1.29 is 62.2 Å². The lowest BCUT2D eigenvalue weighted by molar-refractivity contribution is -0.144. The molecule has 4 aliphatic heterocycles. The van der Waals surface area contributed by atoms with Gasteiger partial charge >= 0.3 is 11.9 Å². The molecule has 57 heavy (non-hydrogen) atoms. The predicted molar refractivity (Wildman–Crippen MR) is 194 cm³/mol. The Kier molecular flexibility index (Phi) is 12.4. The fourth-order valence-electron chi connectivity index (χ4n) is 6.59. The fourth-order valence-corrected chi connectivity index (χ4v) is 6.59. The summed E-state index contributed by atoms with van der Waals surface area (Å²) in [5, 5.41) is 0. The summed E-state index contributed by atoms with van der Waals surface area (Å²) in [6, 6.07) is 8.58. The van der Waals surface area contributed by atoms with Gasteiger partial charge in [-0.2, -0.15) is 0 Å². The van der Waals surface area contributed by atoms with E-state index < -0.39 is 35.6 Å². The Morgan fingerprint density at radius 2 is 0.789 bits per heavy atom. The third kappa shape index (κ3) is 9.20. The highest BCUT2D eigenvalue weighted by Crippen LogP contribution is 2.32. The van der Waals surface area contributed by atoms with E-state index in [0.717, 1.165) is 19.6 Å². The van der Waals surface area contributed by atoms with Crippen LogP contribution in [0.1, 0.15) is 92.8 Å². The van der Waals surface area contributed by atoms with Crippen molar-refractivity contribution in [2.24, 2.45) is 0 Å². The topological polar surface area (TPSA) is 211 Å². The summed E-state index contributed by atoms with van der Waals surface area (Å²) >= 11 is 0. The van der Waals surface area contributed by atoms with Gasteiger partial charge < -0.3 is 14.2 Å². The van der Waals surface area contributed by atoms with Gasteiger partial charge in [0.05, 0.1) is 35.3 Å². The van der Waals surface area contributed by atoms with E-state index in [1.807, 2.05) is 0 Å². The molecule has 0 atom stereocenters. The second-order valence-electron chi connectivity index (χ2n) is 13.4. The van der Waals surface area contributed by atoms with Gasteiger partial charge in [0, 0.05) is 50.2 Å². The summed E-state index contributed by atoms with van der Waals surface area (Å²) in [5.74, 6) is -4.40. The smallest absolute Gasteiger partial charge is 0.305 e. The molecule has 0 aromatic heterocycles. The molecule has 0 saturated carbocycles. The lowest BCUT2D eigenvalue weighted by atomic mass is 10.1. The van der Waals surface area contributed by atoms with Crippen LogP contribution in [0.25, 0.3) is 0 Å².